The number of rotatable bonds is 3. The van der Waals surface area contributed by atoms with Crippen molar-refractivity contribution in [2.45, 2.75) is 38.1 Å². The normalized spacial score (nSPS) is 20.3. The standard InChI is InChI=1S/C20H18FNO2S2/c21-14-8-6-13(7-9-14)17-11-10-16(24-17)12-18-19(23)22(20(25)26-18)15-4-2-1-3-5-15/h6-12,15H,1-5H2/b18-12-. The minimum absolute atomic E-state index is 0.0216. The Labute approximate surface area is 161 Å². The van der Waals surface area contributed by atoms with Crippen LogP contribution in [0.4, 0.5) is 4.39 Å². The summed E-state index contributed by atoms with van der Waals surface area (Å²) in [6.45, 7) is 0. The maximum atomic E-state index is 13.1. The van der Waals surface area contributed by atoms with Crippen molar-refractivity contribution in [1.82, 2.24) is 4.90 Å². The highest BCUT2D eigenvalue weighted by atomic mass is 32.2. The van der Waals surface area contributed by atoms with Crippen molar-refractivity contribution in [3.05, 3.63) is 52.9 Å². The van der Waals surface area contributed by atoms with E-state index >= 15 is 0 Å². The number of thiocarbonyl (C=S) groups is 1. The van der Waals surface area contributed by atoms with Crippen LogP contribution in [0.5, 0.6) is 0 Å². The van der Waals surface area contributed by atoms with Gasteiger partial charge in [-0.3, -0.25) is 9.69 Å². The van der Waals surface area contributed by atoms with Crippen molar-refractivity contribution in [2.75, 3.05) is 0 Å². The van der Waals surface area contributed by atoms with Gasteiger partial charge in [-0.25, -0.2) is 4.39 Å². The lowest BCUT2D eigenvalue weighted by Crippen LogP contribution is -2.39. The summed E-state index contributed by atoms with van der Waals surface area (Å²) < 4.78 is 19.5. The van der Waals surface area contributed by atoms with E-state index in [9.17, 15) is 9.18 Å². The molecule has 1 saturated carbocycles. The Balaban J connectivity index is 1.54. The molecule has 4 rings (SSSR count). The van der Waals surface area contributed by atoms with Gasteiger partial charge < -0.3 is 4.42 Å². The first-order valence-corrected chi connectivity index (χ1v) is 9.97. The topological polar surface area (TPSA) is 33.5 Å². The Morgan fingerprint density at radius 3 is 2.58 bits per heavy atom. The highest BCUT2D eigenvalue weighted by Crippen LogP contribution is 2.37. The highest BCUT2D eigenvalue weighted by molar-refractivity contribution is 8.26. The molecule has 0 spiro atoms. The van der Waals surface area contributed by atoms with Crippen LogP contribution in [0.3, 0.4) is 0 Å². The molecule has 1 amide bonds. The first-order chi connectivity index (χ1) is 12.6. The average Bonchev–Trinajstić information content (AvgIpc) is 3.21. The van der Waals surface area contributed by atoms with E-state index in [1.807, 2.05) is 12.1 Å². The smallest absolute Gasteiger partial charge is 0.266 e. The summed E-state index contributed by atoms with van der Waals surface area (Å²) in [7, 11) is 0. The molecule has 1 aromatic heterocycles. The van der Waals surface area contributed by atoms with Gasteiger partial charge in [-0.1, -0.05) is 43.2 Å². The van der Waals surface area contributed by atoms with Crippen molar-refractivity contribution in [3.63, 3.8) is 0 Å². The summed E-state index contributed by atoms with van der Waals surface area (Å²) in [6, 6.07) is 9.99. The second-order valence-corrected chi connectivity index (χ2v) is 8.23. The van der Waals surface area contributed by atoms with Crippen molar-refractivity contribution in [2.24, 2.45) is 0 Å². The first kappa shape index (κ1) is 17.5. The Hall–Kier alpha value is -1.92. The number of amides is 1. The Morgan fingerprint density at radius 1 is 1.12 bits per heavy atom. The molecule has 2 heterocycles. The molecular weight excluding hydrogens is 369 g/mol. The molecule has 0 N–H and O–H groups in total. The molecule has 3 nitrogen and oxygen atoms in total. The summed E-state index contributed by atoms with van der Waals surface area (Å²) in [5.74, 6) is 0.922. The number of thioether (sulfide) groups is 1. The van der Waals surface area contributed by atoms with Gasteiger partial charge in [0.2, 0.25) is 0 Å². The zero-order valence-electron chi connectivity index (χ0n) is 14.1. The van der Waals surface area contributed by atoms with E-state index in [0.717, 1.165) is 31.2 Å². The van der Waals surface area contributed by atoms with E-state index in [1.165, 1.54) is 30.3 Å². The number of furan rings is 1. The monoisotopic (exact) mass is 387 g/mol. The molecule has 1 aromatic carbocycles. The van der Waals surface area contributed by atoms with Gasteiger partial charge in [-0.15, -0.1) is 0 Å². The number of hydrogen-bond donors (Lipinski definition) is 0. The molecule has 2 aromatic rings. The Kier molecular flexibility index (Phi) is 4.96. The summed E-state index contributed by atoms with van der Waals surface area (Å²) in [5.41, 5.74) is 0.792. The van der Waals surface area contributed by atoms with Gasteiger partial charge in [0.15, 0.2) is 0 Å². The van der Waals surface area contributed by atoms with E-state index in [1.54, 1.807) is 23.1 Å². The lowest BCUT2D eigenvalue weighted by Gasteiger charge is -2.29. The predicted octanol–water partition coefficient (Wildman–Crippen LogP) is 5.62. The summed E-state index contributed by atoms with van der Waals surface area (Å²) >= 11 is 6.78. The van der Waals surface area contributed by atoms with Gasteiger partial charge in [0.1, 0.15) is 21.7 Å². The molecule has 1 aliphatic carbocycles. The van der Waals surface area contributed by atoms with E-state index in [4.69, 9.17) is 16.6 Å². The molecule has 6 heteroatoms. The van der Waals surface area contributed by atoms with Crippen LogP contribution >= 0.6 is 24.0 Å². The predicted molar refractivity (Wildman–Crippen MR) is 106 cm³/mol. The zero-order valence-corrected chi connectivity index (χ0v) is 15.7. The molecular formula is C20H18FNO2S2. The first-order valence-electron chi connectivity index (χ1n) is 8.75. The second-order valence-electron chi connectivity index (χ2n) is 6.55. The number of carbonyl (C=O) groups is 1. The van der Waals surface area contributed by atoms with Crippen molar-refractivity contribution >= 4 is 40.3 Å². The largest absolute Gasteiger partial charge is 0.457 e. The van der Waals surface area contributed by atoms with Crippen molar-refractivity contribution in [3.8, 4) is 11.3 Å². The Morgan fingerprint density at radius 2 is 1.85 bits per heavy atom. The quantitative estimate of drug-likeness (QED) is 0.506. The summed E-state index contributed by atoms with van der Waals surface area (Å²) in [6.07, 6.45) is 7.33. The third kappa shape index (κ3) is 3.48. The maximum Gasteiger partial charge on any atom is 0.266 e. The summed E-state index contributed by atoms with van der Waals surface area (Å²) in [5, 5.41) is 0. The van der Waals surface area contributed by atoms with Crippen LogP contribution in [0.2, 0.25) is 0 Å². The second kappa shape index (κ2) is 7.37. The van der Waals surface area contributed by atoms with Crippen LogP contribution in [-0.2, 0) is 4.79 Å². The molecule has 134 valence electrons. The number of benzene rings is 1. The van der Waals surface area contributed by atoms with Crippen LogP contribution < -0.4 is 0 Å². The van der Waals surface area contributed by atoms with Crippen LogP contribution in [0, 0.1) is 5.82 Å². The molecule has 1 aliphatic heterocycles. The van der Waals surface area contributed by atoms with Gasteiger partial charge >= 0.3 is 0 Å². The van der Waals surface area contributed by atoms with Gasteiger partial charge in [0.05, 0.1) is 4.91 Å². The fourth-order valence-corrected chi connectivity index (χ4v) is 4.84. The maximum absolute atomic E-state index is 13.1. The van der Waals surface area contributed by atoms with Crippen molar-refractivity contribution in [1.29, 1.82) is 0 Å². The number of carbonyl (C=O) groups excluding carboxylic acids is 1. The van der Waals surface area contributed by atoms with Crippen molar-refractivity contribution < 1.29 is 13.6 Å². The van der Waals surface area contributed by atoms with Gasteiger partial charge in [0, 0.05) is 17.7 Å². The van der Waals surface area contributed by atoms with Crippen LogP contribution in [0.15, 0.2) is 45.7 Å². The minimum Gasteiger partial charge on any atom is -0.457 e. The SMILES string of the molecule is O=C1/C(=C/c2ccc(-c3ccc(F)cc3)o2)SC(=S)N1C1CCCCC1. The number of hydrogen-bond acceptors (Lipinski definition) is 4. The molecule has 2 aliphatic rings. The van der Waals surface area contributed by atoms with Crippen LogP contribution in [-0.4, -0.2) is 21.2 Å². The third-order valence-corrected chi connectivity index (χ3v) is 6.12. The van der Waals surface area contributed by atoms with E-state index in [0.29, 0.717) is 20.7 Å². The number of nitrogens with zero attached hydrogens (tertiary/aromatic N) is 1. The van der Waals surface area contributed by atoms with E-state index in [-0.39, 0.29) is 17.8 Å². The molecule has 0 radical (unpaired) electrons. The molecule has 1 saturated heterocycles. The minimum atomic E-state index is -0.285. The lowest BCUT2D eigenvalue weighted by molar-refractivity contribution is -0.124. The van der Waals surface area contributed by atoms with Gasteiger partial charge in [-0.2, -0.15) is 0 Å². The van der Waals surface area contributed by atoms with Crippen LogP contribution in [0.1, 0.15) is 37.9 Å². The zero-order chi connectivity index (χ0) is 18.1. The van der Waals surface area contributed by atoms with Gasteiger partial charge in [0.25, 0.3) is 5.91 Å². The molecule has 26 heavy (non-hydrogen) atoms. The molecule has 0 bridgehead atoms. The van der Waals surface area contributed by atoms with E-state index < -0.39 is 0 Å². The van der Waals surface area contributed by atoms with Crippen LogP contribution in [0.25, 0.3) is 17.4 Å². The van der Waals surface area contributed by atoms with E-state index in [2.05, 4.69) is 0 Å². The average molecular weight is 388 g/mol. The fraction of sp³-hybridized carbons (Fsp3) is 0.300. The number of halogens is 1. The summed E-state index contributed by atoms with van der Waals surface area (Å²) in [4.78, 5) is 15.2. The lowest BCUT2D eigenvalue weighted by atomic mass is 9.94. The molecule has 2 fully saturated rings. The highest BCUT2D eigenvalue weighted by Gasteiger charge is 2.37. The Bertz CT molecular complexity index is 866. The van der Waals surface area contributed by atoms with Gasteiger partial charge in [-0.05, 0) is 49.2 Å². The fourth-order valence-electron chi connectivity index (χ4n) is 3.46. The molecule has 0 atom stereocenters. The molecule has 0 unspecified atom stereocenters. The third-order valence-electron chi connectivity index (χ3n) is 4.79.